The summed E-state index contributed by atoms with van der Waals surface area (Å²) in [5.74, 6) is 0.776. The van der Waals surface area contributed by atoms with E-state index in [1.54, 1.807) is 11.8 Å². The van der Waals surface area contributed by atoms with Gasteiger partial charge in [-0.1, -0.05) is 24.4 Å². The van der Waals surface area contributed by atoms with Gasteiger partial charge in [-0.2, -0.15) is 0 Å². The fraction of sp³-hybridized carbons (Fsp3) is 0.429. The monoisotopic (exact) mass is 278 g/mol. The number of nitrogens with two attached hydrogens (primary N) is 1. The summed E-state index contributed by atoms with van der Waals surface area (Å²) in [4.78, 5) is 14.5. The molecule has 5 heteroatoms. The van der Waals surface area contributed by atoms with E-state index in [1.165, 1.54) is 0 Å². The number of carbonyl (C=O) groups excluding carboxylic acids is 1. The van der Waals surface area contributed by atoms with Gasteiger partial charge < -0.3 is 15.4 Å². The Morgan fingerprint density at radius 3 is 2.89 bits per heavy atom. The number of hydrogen-bond donors (Lipinski definition) is 1. The summed E-state index contributed by atoms with van der Waals surface area (Å²) in [6.45, 7) is 2.45. The summed E-state index contributed by atoms with van der Waals surface area (Å²) in [5.41, 5.74) is 6.32. The minimum atomic E-state index is -0.425. The largest absolute Gasteiger partial charge is 0.479 e. The first-order chi connectivity index (χ1) is 9.09. The number of fused-ring (bicyclic) bond motifs is 1. The molecule has 1 amide bonds. The zero-order chi connectivity index (χ0) is 13.8. The summed E-state index contributed by atoms with van der Waals surface area (Å²) < 4.78 is 5.59. The maximum absolute atomic E-state index is 12.2. The van der Waals surface area contributed by atoms with Crippen LogP contribution in [0, 0.1) is 0 Å². The van der Waals surface area contributed by atoms with Crippen molar-refractivity contribution >= 4 is 28.8 Å². The Balaban J connectivity index is 2.05. The molecule has 0 aliphatic carbocycles. The normalized spacial score (nSPS) is 17.8. The lowest BCUT2D eigenvalue weighted by atomic mass is 10.1. The predicted octanol–water partition coefficient (Wildman–Crippen LogP) is 2.26. The third-order valence-electron chi connectivity index (χ3n) is 3.13. The molecule has 1 aromatic carbocycles. The smallest absolute Gasteiger partial charge is 0.267 e. The molecule has 19 heavy (non-hydrogen) atoms. The Labute approximate surface area is 118 Å². The zero-order valence-electron chi connectivity index (χ0n) is 11.0. The van der Waals surface area contributed by atoms with Crippen LogP contribution in [-0.2, 0) is 4.79 Å². The Bertz CT molecular complexity index is 490. The molecule has 4 nitrogen and oxygen atoms in total. The number of hydrogen-bond acceptors (Lipinski definition) is 3. The van der Waals surface area contributed by atoms with Crippen LogP contribution in [0.5, 0.6) is 5.75 Å². The molecule has 0 saturated carbocycles. The topological polar surface area (TPSA) is 55.6 Å². The number of unbranched alkanes of at least 4 members (excludes halogenated alkanes) is 1. The number of benzene rings is 1. The standard InChI is InChI=1S/C14H18N2O2S/c1-10-14(17)16(9-5-4-8-13(15)19)11-6-2-3-7-12(11)18-10/h2-3,6-7,10H,4-5,8-9H2,1H3,(H2,15,19). The fourth-order valence-electron chi connectivity index (χ4n) is 2.16. The summed E-state index contributed by atoms with van der Waals surface area (Å²) in [6, 6.07) is 7.62. The van der Waals surface area contributed by atoms with E-state index in [2.05, 4.69) is 0 Å². The predicted molar refractivity (Wildman–Crippen MR) is 79.5 cm³/mol. The third kappa shape index (κ3) is 3.23. The first-order valence-electron chi connectivity index (χ1n) is 6.45. The van der Waals surface area contributed by atoms with Gasteiger partial charge in [0.05, 0.1) is 10.7 Å². The Morgan fingerprint density at radius 2 is 2.16 bits per heavy atom. The van der Waals surface area contributed by atoms with Crippen molar-refractivity contribution in [1.82, 2.24) is 0 Å². The molecule has 0 bridgehead atoms. The highest BCUT2D eigenvalue weighted by Crippen LogP contribution is 2.33. The van der Waals surface area contributed by atoms with E-state index in [0.717, 1.165) is 30.7 Å². The Kier molecular flexibility index (Phi) is 4.37. The molecule has 0 aromatic heterocycles. The van der Waals surface area contributed by atoms with Crippen LogP contribution in [0.1, 0.15) is 26.2 Å². The number of rotatable bonds is 5. The molecule has 2 rings (SSSR count). The van der Waals surface area contributed by atoms with Gasteiger partial charge in [-0.25, -0.2) is 0 Å². The quantitative estimate of drug-likeness (QED) is 0.663. The molecule has 0 saturated heterocycles. The van der Waals surface area contributed by atoms with Gasteiger partial charge in [-0.3, -0.25) is 4.79 Å². The van der Waals surface area contributed by atoms with E-state index in [1.807, 2.05) is 24.3 Å². The molecular weight excluding hydrogens is 260 g/mol. The van der Waals surface area contributed by atoms with Crippen LogP contribution in [0.2, 0.25) is 0 Å². The van der Waals surface area contributed by atoms with Crippen LogP contribution in [0.4, 0.5) is 5.69 Å². The third-order valence-corrected chi connectivity index (χ3v) is 3.33. The van der Waals surface area contributed by atoms with Crippen LogP contribution in [0.15, 0.2) is 24.3 Å². The lowest BCUT2D eigenvalue weighted by Crippen LogP contribution is -2.44. The van der Waals surface area contributed by atoms with Crippen molar-refractivity contribution in [3.05, 3.63) is 24.3 Å². The number of thiocarbonyl (C=S) groups is 1. The molecule has 1 aliphatic rings. The average molecular weight is 278 g/mol. The van der Waals surface area contributed by atoms with E-state index < -0.39 is 6.10 Å². The molecule has 102 valence electrons. The summed E-state index contributed by atoms with van der Waals surface area (Å²) in [6.07, 6.45) is 2.08. The highest BCUT2D eigenvalue weighted by molar-refractivity contribution is 7.80. The average Bonchev–Trinajstić information content (AvgIpc) is 2.38. The van der Waals surface area contributed by atoms with E-state index in [-0.39, 0.29) is 5.91 Å². The van der Waals surface area contributed by atoms with Gasteiger partial charge in [0.15, 0.2) is 6.10 Å². The SMILES string of the molecule is CC1Oc2ccccc2N(CCCCC(N)=S)C1=O. The van der Waals surface area contributed by atoms with Gasteiger partial charge >= 0.3 is 0 Å². The number of anilines is 1. The molecule has 1 atom stereocenters. The number of para-hydroxylation sites is 2. The summed E-state index contributed by atoms with van der Waals surface area (Å²) in [7, 11) is 0. The molecule has 0 fully saturated rings. The van der Waals surface area contributed by atoms with Gasteiger partial charge in [0, 0.05) is 6.54 Å². The Morgan fingerprint density at radius 1 is 1.42 bits per heavy atom. The fourth-order valence-corrected chi connectivity index (χ4v) is 2.30. The summed E-state index contributed by atoms with van der Waals surface area (Å²) >= 11 is 4.85. The van der Waals surface area contributed by atoms with Crippen LogP contribution in [0.25, 0.3) is 0 Å². The van der Waals surface area contributed by atoms with Crippen LogP contribution in [-0.4, -0.2) is 23.5 Å². The second kappa shape index (κ2) is 6.02. The molecule has 0 radical (unpaired) electrons. The Hall–Kier alpha value is -1.62. The lowest BCUT2D eigenvalue weighted by Gasteiger charge is -2.33. The number of ether oxygens (including phenoxy) is 1. The van der Waals surface area contributed by atoms with Crippen molar-refractivity contribution in [3.63, 3.8) is 0 Å². The minimum Gasteiger partial charge on any atom is -0.479 e. The van der Waals surface area contributed by atoms with Crippen LogP contribution < -0.4 is 15.4 Å². The maximum atomic E-state index is 12.2. The number of nitrogens with zero attached hydrogens (tertiary/aromatic N) is 1. The van der Waals surface area contributed by atoms with E-state index in [9.17, 15) is 4.79 Å². The van der Waals surface area contributed by atoms with Crippen LogP contribution in [0.3, 0.4) is 0 Å². The first-order valence-corrected chi connectivity index (χ1v) is 6.86. The lowest BCUT2D eigenvalue weighted by molar-refractivity contribution is -0.125. The second-order valence-corrected chi connectivity index (χ2v) is 5.17. The van der Waals surface area contributed by atoms with Gasteiger partial charge in [0.1, 0.15) is 5.75 Å². The number of amides is 1. The molecule has 0 spiro atoms. The summed E-state index contributed by atoms with van der Waals surface area (Å²) in [5, 5.41) is 0. The van der Waals surface area contributed by atoms with E-state index in [4.69, 9.17) is 22.7 Å². The second-order valence-electron chi connectivity index (χ2n) is 4.64. The molecule has 2 N–H and O–H groups in total. The molecular formula is C14H18N2O2S. The van der Waals surface area contributed by atoms with E-state index in [0.29, 0.717) is 11.5 Å². The van der Waals surface area contributed by atoms with E-state index >= 15 is 0 Å². The number of carbonyl (C=O) groups is 1. The van der Waals surface area contributed by atoms with Crippen molar-refractivity contribution < 1.29 is 9.53 Å². The molecule has 1 aliphatic heterocycles. The van der Waals surface area contributed by atoms with Crippen molar-refractivity contribution in [1.29, 1.82) is 0 Å². The molecule has 1 unspecified atom stereocenters. The van der Waals surface area contributed by atoms with Gasteiger partial charge in [0.2, 0.25) is 0 Å². The van der Waals surface area contributed by atoms with Gasteiger partial charge in [-0.15, -0.1) is 0 Å². The van der Waals surface area contributed by atoms with Gasteiger partial charge in [-0.05, 0) is 38.3 Å². The van der Waals surface area contributed by atoms with Crippen molar-refractivity contribution in [3.8, 4) is 5.75 Å². The minimum absolute atomic E-state index is 0.00836. The maximum Gasteiger partial charge on any atom is 0.267 e. The van der Waals surface area contributed by atoms with Crippen molar-refractivity contribution in [2.24, 2.45) is 5.73 Å². The molecule has 1 aromatic rings. The van der Waals surface area contributed by atoms with Crippen LogP contribution >= 0.6 is 12.2 Å². The zero-order valence-corrected chi connectivity index (χ0v) is 11.8. The van der Waals surface area contributed by atoms with Crippen molar-refractivity contribution in [2.45, 2.75) is 32.3 Å². The van der Waals surface area contributed by atoms with Crippen molar-refractivity contribution in [2.75, 3.05) is 11.4 Å². The first kappa shape index (κ1) is 13.8. The van der Waals surface area contributed by atoms with Gasteiger partial charge in [0.25, 0.3) is 5.91 Å². The molecule has 1 heterocycles. The highest BCUT2D eigenvalue weighted by Gasteiger charge is 2.30. The highest BCUT2D eigenvalue weighted by atomic mass is 32.1.